The minimum absolute atomic E-state index is 0.156. The minimum atomic E-state index is -0.289. The third-order valence-corrected chi connectivity index (χ3v) is 4.88. The van der Waals surface area contributed by atoms with Crippen LogP contribution >= 0.6 is 0 Å². The van der Waals surface area contributed by atoms with E-state index in [-0.39, 0.29) is 18.0 Å². The first-order chi connectivity index (χ1) is 14.0. The lowest BCUT2D eigenvalue weighted by Crippen LogP contribution is -2.30. The molecule has 3 aromatic carbocycles. The number of nitrogens with one attached hydrogen (secondary N) is 1. The van der Waals surface area contributed by atoms with Crippen LogP contribution in [0.2, 0.25) is 0 Å². The Balaban J connectivity index is 1.74. The van der Waals surface area contributed by atoms with Crippen molar-refractivity contribution >= 4 is 22.4 Å². The van der Waals surface area contributed by atoms with E-state index in [1.165, 1.54) is 4.68 Å². The van der Waals surface area contributed by atoms with Crippen molar-refractivity contribution in [2.75, 3.05) is 5.32 Å². The van der Waals surface area contributed by atoms with Crippen LogP contribution in [-0.4, -0.2) is 15.7 Å². The van der Waals surface area contributed by atoms with Crippen LogP contribution in [0.25, 0.3) is 22.0 Å². The van der Waals surface area contributed by atoms with Gasteiger partial charge in [0, 0.05) is 16.6 Å². The van der Waals surface area contributed by atoms with Gasteiger partial charge in [-0.25, -0.2) is 4.68 Å². The van der Waals surface area contributed by atoms with Gasteiger partial charge in [-0.3, -0.25) is 9.59 Å². The lowest BCUT2D eigenvalue weighted by atomic mass is 10.1. The third kappa shape index (κ3) is 3.80. The standard InChI is InChI=1S/C24H21N3O2/c1-16-12-13-17(2)21(14-16)25-22(28)15-27-24(29)20-11-7-6-10-19(20)23(26-27)18-8-4-3-5-9-18/h3-14H,15H2,1-2H3,(H,25,28). The second-order valence-corrected chi connectivity index (χ2v) is 7.09. The zero-order chi connectivity index (χ0) is 20.4. The Hall–Kier alpha value is -3.73. The van der Waals surface area contributed by atoms with Crippen molar-refractivity contribution in [2.45, 2.75) is 20.4 Å². The molecule has 0 radical (unpaired) electrons. The van der Waals surface area contributed by atoms with Crippen LogP contribution in [0.1, 0.15) is 11.1 Å². The highest BCUT2D eigenvalue weighted by atomic mass is 16.2. The number of amides is 1. The maximum absolute atomic E-state index is 12.9. The molecular weight excluding hydrogens is 362 g/mol. The molecule has 4 aromatic rings. The number of rotatable bonds is 4. The number of benzene rings is 3. The fraction of sp³-hybridized carbons (Fsp3) is 0.125. The smallest absolute Gasteiger partial charge is 0.275 e. The van der Waals surface area contributed by atoms with E-state index < -0.39 is 0 Å². The van der Waals surface area contributed by atoms with Crippen LogP contribution in [0, 0.1) is 13.8 Å². The normalized spacial score (nSPS) is 10.8. The fourth-order valence-corrected chi connectivity index (χ4v) is 3.35. The zero-order valence-corrected chi connectivity index (χ0v) is 16.3. The summed E-state index contributed by atoms with van der Waals surface area (Å²) in [6.45, 7) is 3.75. The molecule has 1 heterocycles. The van der Waals surface area contributed by atoms with E-state index in [1.54, 1.807) is 6.07 Å². The number of nitrogens with zero attached hydrogens (tertiary/aromatic N) is 2. The maximum atomic E-state index is 12.9. The van der Waals surface area contributed by atoms with Crippen molar-refractivity contribution < 1.29 is 4.79 Å². The van der Waals surface area contributed by atoms with E-state index in [4.69, 9.17) is 0 Å². The molecule has 1 N–H and O–H groups in total. The Labute approximate surface area is 168 Å². The largest absolute Gasteiger partial charge is 0.324 e. The molecule has 0 atom stereocenters. The molecule has 5 heteroatoms. The third-order valence-electron chi connectivity index (χ3n) is 4.88. The predicted molar refractivity (Wildman–Crippen MR) is 116 cm³/mol. The number of aromatic nitrogens is 2. The van der Waals surface area contributed by atoms with Gasteiger partial charge in [-0.05, 0) is 37.1 Å². The lowest BCUT2D eigenvalue weighted by Gasteiger charge is -2.13. The van der Waals surface area contributed by atoms with Crippen molar-refractivity contribution in [1.82, 2.24) is 9.78 Å². The Morgan fingerprint density at radius 2 is 1.62 bits per heavy atom. The monoisotopic (exact) mass is 383 g/mol. The summed E-state index contributed by atoms with van der Waals surface area (Å²) in [4.78, 5) is 25.6. The van der Waals surface area contributed by atoms with Gasteiger partial charge in [0.25, 0.3) is 5.56 Å². The van der Waals surface area contributed by atoms with Gasteiger partial charge < -0.3 is 5.32 Å². The summed E-state index contributed by atoms with van der Waals surface area (Å²) in [5, 5.41) is 8.75. The lowest BCUT2D eigenvalue weighted by molar-refractivity contribution is -0.117. The highest BCUT2D eigenvalue weighted by Gasteiger charge is 2.14. The van der Waals surface area contributed by atoms with E-state index in [2.05, 4.69) is 10.4 Å². The number of hydrogen-bond donors (Lipinski definition) is 1. The molecule has 4 rings (SSSR count). The molecule has 0 aliphatic heterocycles. The number of aryl methyl sites for hydroxylation is 2. The van der Waals surface area contributed by atoms with Crippen LogP contribution < -0.4 is 10.9 Å². The second-order valence-electron chi connectivity index (χ2n) is 7.09. The van der Waals surface area contributed by atoms with Crippen LogP contribution in [0.15, 0.2) is 77.6 Å². The molecule has 1 amide bonds. The molecule has 0 fully saturated rings. The Kier molecular flexibility index (Phi) is 4.96. The summed E-state index contributed by atoms with van der Waals surface area (Å²) in [5.74, 6) is -0.289. The van der Waals surface area contributed by atoms with Crippen LogP contribution in [0.4, 0.5) is 5.69 Å². The van der Waals surface area contributed by atoms with E-state index in [1.807, 2.05) is 80.6 Å². The molecule has 0 aliphatic carbocycles. The van der Waals surface area contributed by atoms with Gasteiger partial charge in [0.2, 0.25) is 5.91 Å². The summed E-state index contributed by atoms with van der Waals surface area (Å²) in [7, 11) is 0. The van der Waals surface area contributed by atoms with Crippen molar-refractivity contribution in [3.8, 4) is 11.3 Å². The number of carbonyl (C=O) groups is 1. The maximum Gasteiger partial charge on any atom is 0.275 e. The molecule has 0 saturated carbocycles. The first kappa shape index (κ1) is 18.6. The minimum Gasteiger partial charge on any atom is -0.324 e. The van der Waals surface area contributed by atoms with E-state index in [0.717, 1.165) is 27.8 Å². The highest BCUT2D eigenvalue weighted by molar-refractivity contribution is 5.94. The van der Waals surface area contributed by atoms with Crippen molar-refractivity contribution in [3.05, 3.63) is 94.3 Å². The van der Waals surface area contributed by atoms with Gasteiger partial charge in [0.05, 0.1) is 11.1 Å². The van der Waals surface area contributed by atoms with Crippen LogP contribution in [0.3, 0.4) is 0 Å². The molecule has 144 valence electrons. The average molecular weight is 383 g/mol. The van der Waals surface area contributed by atoms with Gasteiger partial charge in [0.1, 0.15) is 6.54 Å². The average Bonchev–Trinajstić information content (AvgIpc) is 2.73. The second kappa shape index (κ2) is 7.72. The summed E-state index contributed by atoms with van der Waals surface area (Å²) in [6.07, 6.45) is 0. The number of anilines is 1. The number of carbonyl (C=O) groups excluding carboxylic acids is 1. The fourth-order valence-electron chi connectivity index (χ4n) is 3.35. The summed E-state index contributed by atoms with van der Waals surface area (Å²) < 4.78 is 1.24. The van der Waals surface area contributed by atoms with E-state index in [9.17, 15) is 9.59 Å². The molecule has 29 heavy (non-hydrogen) atoms. The Morgan fingerprint density at radius 1 is 0.931 bits per heavy atom. The Morgan fingerprint density at radius 3 is 2.38 bits per heavy atom. The molecule has 0 unspecified atom stereocenters. The first-order valence-electron chi connectivity index (χ1n) is 9.45. The number of fused-ring (bicyclic) bond motifs is 1. The summed E-state index contributed by atoms with van der Waals surface area (Å²) in [6, 6.07) is 22.9. The molecule has 0 bridgehead atoms. The molecule has 0 saturated heterocycles. The molecular formula is C24H21N3O2. The van der Waals surface area contributed by atoms with Gasteiger partial charge in [-0.15, -0.1) is 0 Å². The topological polar surface area (TPSA) is 64.0 Å². The van der Waals surface area contributed by atoms with Crippen LogP contribution in [-0.2, 0) is 11.3 Å². The molecule has 0 spiro atoms. The van der Waals surface area contributed by atoms with Crippen LogP contribution in [0.5, 0.6) is 0 Å². The molecule has 5 nitrogen and oxygen atoms in total. The zero-order valence-electron chi connectivity index (χ0n) is 16.3. The quantitative estimate of drug-likeness (QED) is 0.571. The summed E-state index contributed by atoms with van der Waals surface area (Å²) in [5.41, 5.74) is 4.06. The van der Waals surface area contributed by atoms with Gasteiger partial charge in [-0.1, -0.05) is 60.7 Å². The van der Waals surface area contributed by atoms with Gasteiger partial charge >= 0.3 is 0 Å². The predicted octanol–water partition coefficient (Wildman–Crippen LogP) is 4.32. The molecule has 1 aromatic heterocycles. The first-order valence-corrected chi connectivity index (χ1v) is 9.45. The van der Waals surface area contributed by atoms with Gasteiger partial charge in [0.15, 0.2) is 0 Å². The Bertz CT molecular complexity index is 1260. The van der Waals surface area contributed by atoms with E-state index >= 15 is 0 Å². The van der Waals surface area contributed by atoms with Gasteiger partial charge in [-0.2, -0.15) is 5.10 Å². The van der Waals surface area contributed by atoms with E-state index in [0.29, 0.717) is 11.1 Å². The number of hydrogen-bond acceptors (Lipinski definition) is 3. The van der Waals surface area contributed by atoms with Crippen molar-refractivity contribution in [2.24, 2.45) is 0 Å². The SMILES string of the molecule is Cc1ccc(C)c(NC(=O)Cn2nc(-c3ccccc3)c3ccccc3c2=O)c1. The van der Waals surface area contributed by atoms with Crippen molar-refractivity contribution in [1.29, 1.82) is 0 Å². The van der Waals surface area contributed by atoms with Crippen molar-refractivity contribution in [3.63, 3.8) is 0 Å². The summed E-state index contributed by atoms with van der Waals surface area (Å²) >= 11 is 0. The molecule has 0 aliphatic rings. The highest BCUT2D eigenvalue weighted by Crippen LogP contribution is 2.24.